The lowest BCUT2D eigenvalue weighted by Gasteiger charge is -2.15. The van der Waals surface area contributed by atoms with Gasteiger partial charge in [0.1, 0.15) is 45.0 Å². The van der Waals surface area contributed by atoms with Crippen molar-refractivity contribution in [1.82, 2.24) is 0 Å². The Labute approximate surface area is 226 Å². The number of ketones is 2. The van der Waals surface area contributed by atoms with Crippen LogP contribution in [0.15, 0.2) is 18.2 Å². The average Bonchev–Trinajstić information content (AvgIpc) is 2.82. The predicted octanol–water partition coefficient (Wildman–Crippen LogP) is 5.76. The number of benzene rings is 2. The highest BCUT2D eigenvalue weighted by Gasteiger charge is 2.26. The number of ether oxygens (including phenoxy) is 1. The number of halogens is 1. The maximum Gasteiger partial charge on any atom is 0.347 e. The Hall–Kier alpha value is -3.59. The number of carboxylic acid groups (broad SMARTS) is 1. The van der Waals surface area contributed by atoms with Gasteiger partial charge in [0.25, 0.3) is 0 Å². The van der Waals surface area contributed by atoms with E-state index in [4.69, 9.17) is 16.3 Å². The van der Waals surface area contributed by atoms with Crippen LogP contribution in [0.5, 0.6) is 23.0 Å². The number of carboxylic acids is 1. The molecule has 0 bridgehead atoms. The number of phenols is 3. The summed E-state index contributed by atoms with van der Waals surface area (Å²) >= 11 is 5.92. The molecule has 38 heavy (non-hydrogen) atoms. The molecule has 0 atom stereocenters. The monoisotopic (exact) mass is 548 g/mol. The van der Waals surface area contributed by atoms with Crippen LogP contribution >= 0.6 is 11.6 Å². The van der Waals surface area contributed by atoms with Gasteiger partial charge in [-0.15, -0.1) is 0 Å². The summed E-state index contributed by atoms with van der Waals surface area (Å²) in [7, 11) is 0. The van der Waals surface area contributed by atoms with E-state index in [1.165, 1.54) is 0 Å². The van der Waals surface area contributed by atoms with E-state index in [-0.39, 0.29) is 54.1 Å². The van der Waals surface area contributed by atoms with Crippen LogP contribution in [0.4, 0.5) is 0 Å². The largest absolute Gasteiger partial charge is 0.507 e. The summed E-state index contributed by atoms with van der Waals surface area (Å²) in [5.41, 5.74) is -0.979. The van der Waals surface area contributed by atoms with Gasteiger partial charge in [0.05, 0.1) is 0 Å². The van der Waals surface area contributed by atoms with Gasteiger partial charge in [-0.2, -0.15) is 0 Å². The standard InChI is InChI=1S/C28H33ClO9/c1-3-5-7-9-18(30)11-16-13-20(15-21(32)23(16)27(35)36)38-28(37)24-17(12-19(31)10-8-6-4-2)14-22(33)25(29)26(24)34/h13-15,32-34H,3-12H2,1-2H3,(H,35,36). The van der Waals surface area contributed by atoms with E-state index in [0.717, 1.165) is 43.9 Å². The second kappa shape index (κ2) is 14.4. The fourth-order valence-corrected chi connectivity index (χ4v) is 4.21. The molecule has 0 aliphatic rings. The highest BCUT2D eigenvalue weighted by Crippen LogP contribution is 2.39. The molecule has 2 aromatic carbocycles. The lowest BCUT2D eigenvalue weighted by atomic mass is 9.97. The number of phenolic OH excluding ortho intramolecular Hbond substituents is 2. The van der Waals surface area contributed by atoms with Crippen LogP contribution < -0.4 is 4.74 Å². The molecule has 0 radical (unpaired) electrons. The average molecular weight is 549 g/mol. The summed E-state index contributed by atoms with van der Waals surface area (Å²) < 4.78 is 5.32. The van der Waals surface area contributed by atoms with E-state index in [2.05, 4.69) is 0 Å². The summed E-state index contributed by atoms with van der Waals surface area (Å²) in [6.07, 6.45) is 4.69. The molecule has 2 aromatic rings. The van der Waals surface area contributed by atoms with Crippen molar-refractivity contribution in [3.8, 4) is 23.0 Å². The van der Waals surface area contributed by atoms with Gasteiger partial charge >= 0.3 is 11.9 Å². The molecule has 0 saturated heterocycles. The summed E-state index contributed by atoms with van der Waals surface area (Å²) in [6.45, 7) is 3.97. The minimum atomic E-state index is -1.46. The quantitative estimate of drug-likeness (QED) is 0.123. The lowest BCUT2D eigenvalue weighted by Crippen LogP contribution is -2.15. The van der Waals surface area contributed by atoms with Crippen molar-refractivity contribution in [1.29, 1.82) is 0 Å². The second-order valence-electron chi connectivity index (χ2n) is 9.11. The lowest BCUT2D eigenvalue weighted by molar-refractivity contribution is -0.119. The first-order valence-corrected chi connectivity index (χ1v) is 13.0. The molecule has 0 aliphatic carbocycles. The zero-order valence-electron chi connectivity index (χ0n) is 21.5. The second-order valence-corrected chi connectivity index (χ2v) is 9.49. The van der Waals surface area contributed by atoms with Crippen LogP contribution in [0.1, 0.15) is 97.1 Å². The van der Waals surface area contributed by atoms with Crippen molar-refractivity contribution >= 4 is 35.1 Å². The Morgan fingerprint density at radius 2 is 1.29 bits per heavy atom. The third-order valence-electron chi connectivity index (χ3n) is 6.00. The van der Waals surface area contributed by atoms with E-state index < -0.39 is 45.3 Å². The fourth-order valence-electron chi connectivity index (χ4n) is 4.06. The Balaban J connectivity index is 2.40. The number of unbranched alkanes of at least 4 members (excludes halogenated alkanes) is 4. The first-order chi connectivity index (χ1) is 18.0. The van der Waals surface area contributed by atoms with Gasteiger partial charge in [-0.1, -0.05) is 51.1 Å². The molecule has 0 aromatic heterocycles. The number of hydrogen-bond donors (Lipinski definition) is 4. The molecular weight excluding hydrogens is 516 g/mol. The normalized spacial score (nSPS) is 10.8. The molecule has 0 unspecified atom stereocenters. The van der Waals surface area contributed by atoms with Crippen LogP contribution in [-0.2, 0) is 22.4 Å². The summed E-state index contributed by atoms with van der Waals surface area (Å²) in [4.78, 5) is 49.7. The van der Waals surface area contributed by atoms with Crippen molar-refractivity contribution in [2.75, 3.05) is 0 Å². The number of aromatic carboxylic acids is 1. The summed E-state index contributed by atoms with van der Waals surface area (Å²) in [6, 6.07) is 3.16. The van der Waals surface area contributed by atoms with Crippen LogP contribution in [0.3, 0.4) is 0 Å². The zero-order valence-corrected chi connectivity index (χ0v) is 22.3. The molecule has 4 N–H and O–H groups in total. The number of rotatable bonds is 15. The Morgan fingerprint density at radius 3 is 1.79 bits per heavy atom. The molecule has 0 heterocycles. The van der Waals surface area contributed by atoms with E-state index in [0.29, 0.717) is 12.8 Å². The van der Waals surface area contributed by atoms with Crippen LogP contribution in [0.2, 0.25) is 5.02 Å². The maximum atomic E-state index is 13.1. The Morgan fingerprint density at radius 1 is 0.763 bits per heavy atom. The molecule has 206 valence electrons. The number of esters is 1. The number of aromatic hydroxyl groups is 3. The highest BCUT2D eigenvalue weighted by molar-refractivity contribution is 6.34. The van der Waals surface area contributed by atoms with Crippen molar-refractivity contribution in [2.24, 2.45) is 0 Å². The van der Waals surface area contributed by atoms with Crippen LogP contribution in [0, 0.1) is 0 Å². The smallest absolute Gasteiger partial charge is 0.347 e. The Bertz CT molecular complexity index is 1200. The number of carbonyl (C=O) groups excluding carboxylic acids is 3. The molecule has 0 spiro atoms. The Kier molecular flexibility index (Phi) is 11.6. The summed E-state index contributed by atoms with van der Waals surface area (Å²) in [5, 5.41) is 39.9. The highest BCUT2D eigenvalue weighted by atomic mass is 35.5. The van der Waals surface area contributed by atoms with Gasteiger partial charge in [0.15, 0.2) is 5.75 Å². The van der Waals surface area contributed by atoms with Gasteiger partial charge < -0.3 is 25.2 Å². The molecule has 10 heteroatoms. The minimum Gasteiger partial charge on any atom is -0.507 e. The van der Waals surface area contributed by atoms with E-state index in [9.17, 15) is 39.6 Å². The predicted molar refractivity (Wildman–Crippen MR) is 141 cm³/mol. The van der Waals surface area contributed by atoms with Gasteiger partial charge in [-0.05, 0) is 36.1 Å². The number of carbonyl (C=O) groups is 4. The third kappa shape index (κ3) is 8.21. The van der Waals surface area contributed by atoms with Crippen molar-refractivity contribution in [3.63, 3.8) is 0 Å². The number of hydrogen-bond acceptors (Lipinski definition) is 8. The fraction of sp³-hybridized carbons (Fsp3) is 0.429. The van der Waals surface area contributed by atoms with Gasteiger partial charge in [-0.25, -0.2) is 9.59 Å². The third-order valence-corrected chi connectivity index (χ3v) is 6.37. The maximum absolute atomic E-state index is 13.1. The van der Waals surface area contributed by atoms with Gasteiger partial charge in [0.2, 0.25) is 0 Å². The van der Waals surface area contributed by atoms with Gasteiger partial charge in [-0.3, -0.25) is 9.59 Å². The van der Waals surface area contributed by atoms with E-state index in [1.807, 2.05) is 13.8 Å². The first kappa shape index (κ1) is 30.6. The molecule has 0 aliphatic heterocycles. The minimum absolute atomic E-state index is 0.00592. The molecule has 0 saturated carbocycles. The molecular formula is C28H33ClO9. The molecule has 9 nitrogen and oxygen atoms in total. The zero-order chi connectivity index (χ0) is 28.4. The van der Waals surface area contributed by atoms with Crippen LogP contribution in [0.25, 0.3) is 0 Å². The topological polar surface area (TPSA) is 158 Å². The van der Waals surface area contributed by atoms with Gasteiger partial charge in [0, 0.05) is 31.7 Å². The molecule has 2 rings (SSSR count). The van der Waals surface area contributed by atoms with E-state index >= 15 is 0 Å². The van der Waals surface area contributed by atoms with Crippen molar-refractivity contribution in [2.45, 2.75) is 78.1 Å². The molecule has 0 fully saturated rings. The van der Waals surface area contributed by atoms with Crippen molar-refractivity contribution in [3.05, 3.63) is 45.5 Å². The summed E-state index contributed by atoms with van der Waals surface area (Å²) in [5.74, 6) is -5.37. The SMILES string of the molecule is CCCCCC(=O)Cc1cc(OC(=O)c2c(CC(=O)CCCCC)cc(O)c(Cl)c2O)cc(O)c1C(=O)O. The first-order valence-electron chi connectivity index (χ1n) is 12.6. The number of Topliss-reactive ketones (excluding diaryl/α,β-unsaturated/α-hetero) is 2. The van der Waals surface area contributed by atoms with Crippen LogP contribution in [-0.4, -0.2) is 43.9 Å². The molecule has 0 amide bonds. The van der Waals surface area contributed by atoms with Crippen molar-refractivity contribution < 1.29 is 44.3 Å². The van der Waals surface area contributed by atoms with E-state index in [1.54, 1.807) is 0 Å².